The maximum atomic E-state index is 12.4. The number of aromatic nitrogens is 4. The molecule has 2 aromatic heterocycles. The van der Waals surface area contributed by atoms with Crippen LogP contribution in [0.15, 0.2) is 46.9 Å². The minimum absolute atomic E-state index is 0.269. The van der Waals surface area contributed by atoms with E-state index in [1.807, 2.05) is 17.7 Å². The van der Waals surface area contributed by atoms with Gasteiger partial charge in [-0.2, -0.15) is 4.68 Å². The Morgan fingerprint density at radius 3 is 2.85 bits per heavy atom. The topological polar surface area (TPSA) is 102 Å². The first-order valence-corrected chi connectivity index (χ1v) is 9.77. The van der Waals surface area contributed by atoms with E-state index in [-0.39, 0.29) is 11.8 Å². The van der Waals surface area contributed by atoms with Crippen LogP contribution < -0.4 is 10.6 Å². The van der Waals surface area contributed by atoms with Gasteiger partial charge < -0.3 is 10.6 Å². The fraction of sp³-hybridized carbons (Fsp3) is 0.188. The van der Waals surface area contributed by atoms with E-state index < -0.39 is 6.04 Å². The predicted molar refractivity (Wildman–Crippen MR) is 101 cm³/mol. The molecule has 0 aliphatic heterocycles. The smallest absolute Gasteiger partial charge is 0.261 e. The number of nitrogens with one attached hydrogen (secondary N) is 2. The summed E-state index contributed by atoms with van der Waals surface area (Å²) in [6.07, 6.45) is 1.88. The minimum atomic E-state index is -0.678. The predicted octanol–water partition coefficient (Wildman–Crippen LogP) is 2.20. The van der Waals surface area contributed by atoms with Gasteiger partial charge in [0.2, 0.25) is 11.1 Å². The zero-order valence-corrected chi connectivity index (χ0v) is 15.7. The van der Waals surface area contributed by atoms with Gasteiger partial charge >= 0.3 is 0 Å². The Kier molecular flexibility index (Phi) is 5.64. The lowest BCUT2D eigenvalue weighted by molar-refractivity contribution is -0.117. The van der Waals surface area contributed by atoms with Crippen LogP contribution in [0.25, 0.3) is 5.69 Å². The van der Waals surface area contributed by atoms with Crippen molar-refractivity contribution in [1.82, 2.24) is 25.5 Å². The second-order valence-electron chi connectivity index (χ2n) is 5.29. The molecule has 0 saturated carbocycles. The maximum absolute atomic E-state index is 12.4. The van der Waals surface area contributed by atoms with Gasteiger partial charge in [-0.3, -0.25) is 9.59 Å². The largest absolute Gasteiger partial charge is 0.340 e. The third-order valence-electron chi connectivity index (χ3n) is 3.47. The van der Waals surface area contributed by atoms with Gasteiger partial charge in [-0.05, 0) is 53.3 Å². The van der Waals surface area contributed by atoms with Gasteiger partial charge in [0, 0.05) is 5.69 Å². The van der Waals surface area contributed by atoms with Crippen molar-refractivity contribution in [2.45, 2.75) is 18.1 Å². The van der Waals surface area contributed by atoms with E-state index in [4.69, 9.17) is 0 Å². The zero-order valence-electron chi connectivity index (χ0n) is 14.0. The molecule has 0 saturated heterocycles. The van der Waals surface area contributed by atoms with Gasteiger partial charge in [-0.15, -0.1) is 16.4 Å². The van der Waals surface area contributed by atoms with Gasteiger partial charge in [-0.1, -0.05) is 23.9 Å². The zero-order chi connectivity index (χ0) is 18.5. The number of anilines is 1. The highest BCUT2D eigenvalue weighted by atomic mass is 32.2. The summed E-state index contributed by atoms with van der Waals surface area (Å²) in [5, 5.41) is 19.4. The van der Waals surface area contributed by atoms with Crippen molar-refractivity contribution >= 4 is 40.6 Å². The van der Waals surface area contributed by atoms with E-state index >= 15 is 0 Å². The highest BCUT2D eigenvalue weighted by Gasteiger charge is 2.17. The summed E-state index contributed by atoms with van der Waals surface area (Å²) in [6, 6.07) is 9.99. The van der Waals surface area contributed by atoms with Crippen molar-refractivity contribution in [3.63, 3.8) is 0 Å². The monoisotopic (exact) mass is 388 g/mol. The molecule has 2 heterocycles. The third kappa shape index (κ3) is 4.09. The summed E-state index contributed by atoms with van der Waals surface area (Å²) in [5.74, 6) is -0.580. The van der Waals surface area contributed by atoms with Crippen molar-refractivity contribution in [1.29, 1.82) is 0 Å². The van der Waals surface area contributed by atoms with Gasteiger partial charge in [0.25, 0.3) is 5.91 Å². The second kappa shape index (κ2) is 8.11. The second-order valence-corrected chi connectivity index (χ2v) is 7.01. The SMILES string of the molecule is CSc1nnnn1-c1cccc(NC(=O)C(C)NC(=O)c2cccs2)c1. The van der Waals surface area contributed by atoms with E-state index in [2.05, 4.69) is 26.2 Å². The molecule has 8 nitrogen and oxygen atoms in total. The standard InChI is InChI=1S/C16H16N6O2S2/c1-10(17-15(24)13-7-4-8-26-13)14(23)18-11-5-3-6-12(9-11)22-16(25-2)19-20-21-22/h3-10H,1-2H3,(H,17,24)(H,18,23). The normalized spacial score (nSPS) is 11.8. The molecule has 0 aliphatic rings. The molecule has 10 heteroatoms. The lowest BCUT2D eigenvalue weighted by atomic mass is 10.2. The number of hydrogen-bond acceptors (Lipinski definition) is 7. The van der Waals surface area contributed by atoms with E-state index in [0.29, 0.717) is 15.7 Å². The summed E-state index contributed by atoms with van der Waals surface area (Å²) < 4.78 is 1.59. The Bertz CT molecular complexity index is 909. The molecule has 0 aliphatic carbocycles. The molecule has 134 valence electrons. The molecule has 0 fully saturated rings. The van der Waals surface area contributed by atoms with Crippen molar-refractivity contribution in [3.05, 3.63) is 46.7 Å². The number of thioether (sulfide) groups is 1. The molecule has 3 rings (SSSR count). The molecule has 1 unspecified atom stereocenters. The Hall–Kier alpha value is -2.72. The summed E-state index contributed by atoms with van der Waals surface area (Å²) in [6.45, 7) is 1.64. The molecular weight excluding hydrogens is 372 g/mol. The first kappa shape index (κ1) is 18.1. The number of benzene rings is 1. The highest BCUT2D eigenvalue weighted by molar-refractivity contribution is 7.98. The molecule has 2 amide bonds. The lowest BCUT2D eigenvalue weighted by Gasteiger charge is -2.14. The van der Waals surface area contributed by atoms with Gasteiger partial charge in [0.15, 0.2) is 0 Å². The molecule has 0 bridgehead atoms. The lowest BCUT2D eigenvalue weighted by Crippen LogP contribution is -2.41. The third-order valence-corrected chi connectivity index (χ3v) is 4.96. The van der Waals surface area contributed by atoms with Crippen LogP contribution in [0.4, 0.5) is 5.69 Å². The Morgan fingerprint density at radius 2 is 2.12 bits per heavy atom. The van der Waals surface area contributed by atoms with Gasteiger partial charge in [-0.25, -0.2) is 0 Å². The summed E-state index contributed by atoms with van der Waals surface area (Å²) in [5.41, 5.74) is 1.32. The fourth-order valence-electron chi connectivity index (χ4n) is 2.18. The fourth-order valence-corrected chi connectivity index (χ4v) is 3.24. The van der Waals surface area contributed by atoms with E-state index in [0.717, 1.165) is 5.69 Å². The van der Waals surface area contributed by atoms with Crippen LogP contribution in [0.1, 0.15) is 16.6 Å². The Morgan fingerprint density at radius 1 is 1.27 bits per heavy atom. The molecule has 1 aromatic carbocycles. The molecule has 3 aromatic rings. The average Bonchev–Trinajstić information content (AvgIpc) is 3.33. The number of carbonyl (C=O) groups is 2. The Balaban J connectivity index is 1.67. The molecular formula is C16H16N6O2S2. The summed E-state index contributed by atoms with van der Waals surface area (Å²) in [7, 11) is 0. The Labute approximate surface area is 158 Å². The van der Waals surface area contributed by atoms with E-state index in [9.17, 15) is 9.59 Å². The number of hydrogen-bond donors (Lipinski definition) is 2. The number of amides is 2. The average molecular weight is 388 g/mol. The summed E-state index contributed by atoms with van der Waals surface area (Å²) in [4.78, 5) is 25.0. The van der Waals surface area contributed by atoms with Gasteiger partial charge in [0.1, 0.15) is 6.04 Å². The van der Waals surface area contributed by atoms with Crippen molar-refractivity contribution in [2.24, 2.45) is 0 Å². The maximum Gasteiger partial charge on any atom is 0.261 e. The van der Waals surface area contributed by atoms with E-state index in [1.165, 1.54) is 23.1 Å². The van der Waals surface area contributed by atoms with Crippen LogP contribution in [0, 0.1) is 0 Å². The van der Waals surface area contributed by atoms with Gasteiger partial charge in [0.05, 0.1) is 10.6 Å². The minimum Gasteiger partial charge on any atom is -0.340 e. The molecule has 2 N–H and O–H groups in total. The van der Waals surface area contributed by atoms with Crippen LogP contribution in [0.2, 0.25) is 0 Å². The van der Waals surface area contributed by atoms with Crippen LogP contribution in [-0.4, -0.2) is 44.3 Å². The van der Waals surface area contributed by atoms with Crippen LogP contribution in [-0.2, 0) is 4.79 Å². The van der Waals surface area contributed by atoms with Crippen LogP contribution in [0.5, 0.6) is 0 Å². The van der Waals surface area contributed by atoms with Crippen molar-refractivity contribution in [2.75, 3.05) is 11.6 Å². The molecule has 26 heavy (non-hydrogen) atoms. The van der Waals surface area contributed by atoms with Crippen molar-refractivity contribution < 1.29 is 9.59 Å². The first-order chi connectivity index (χ1) is 12.6. The number of tetrazole rings is 1. The highest BCUT2D eigenvalue weighted by Crippen LogP contribution is 2.19. The number of carbonyl (C=O) groups excluding carboxylic acids is 2. The van der Waals surface area contributed by atoms with Crippen molar-refractivity contribution in [3.8, 4) is 5.69 Å². The number of rotatable bonds is 6. The molecule has 0 spiro atoms. The molecule has 0 radical (unpaired) electrons. The number of thiophene rings is 1. The first-order valence-electron chi connectivity index (χ1n) is 7.66. The quantitative estimate of drug-likeness (QED) is 0.628. The van der Waals surface area contributed by atoms with E-state index in [1.54, 1.807) is 41.9 Å². The molecule has 1 atom stereocenters. The summed E-state index contributed by atoms with van der Waals surface area (Å²) >= 11 is 2.75. The number of nitrogens with zero attached hydrogens (tertiary/aromatic N) is 4. The van der Waals surface area contributed by atoms with Crippen LogP contribution in [0.3, 0.4) is 0 Å². The van der Waals surface area contributed by atoms with Crippen LogP contribution >= 0.6 is 23.1 Å².